The van der Waals surface area contributed by atoms with E-state index < -0.39 is 59.4 Å². The van der Waals surface area contributed by atoms with Crippen LogP contribution in [0.25, 0.3) is 5.57 Å². The molecule has 5 nitrogen and oxygen atoms in total. The number of hydrazone groups is 1. The lowest BCUT2D eigenvalue weighted by molar-refractivity contribution is -0.251. The molecule has 1 N–H and O–H groups in total. The fraction of sp³-hybridized carbons (Fsp3) is 0.333. The lowest BCUT2D eigenvalue weighted by atomic mass is 9.91. The zero-order chi connectivity index (χ0) is 28.8. The van der Waals surface area contributed by atoms with Crippen molar-refractivity contribution < 1.29 is 53.4 Å². The van der Waals surface area contributed by atoms with Crippen LogP contribution in [-0.2, 0) is 9.53 Å². The Hall–Kier alpha value is -3.62. The minimum atomic E-state index is -6.38. The fourth-order valence-corrected chi connectivity index (χ4v) is 4.20. The minimum Gasteiger partial charge on any atom is -0.447 e. The number of nitrogens with one attached hydrogen (secondary N) is 1. The molecule has 2 aliphatic heterocycles. The first-order valence-corrected chi connectivity index (χ1v) is 11.2. The molecule has 0 saturated heterocycles. The molecule has 0 spiro atoms. The molecule has 2 aromatic rings. The average Bonchev–Trinajstić information content (AvgIpc) is 3.23. The SMILES string of the molecule is O=C(OC1C(C(F)(F)C(F)(F)F)=NN(c2ccc(F)cc2F)C1c1cccc(C2=CCNCC2)c1)C(F)(F)F. The van der Waals surface area contributed by atoms with Crippen LogP contribution < -0.4 is 10.3 Å². The number of halogens is 10. The summed E-state index contributed by atoms with van der Waals surface area (Å²) in [6, 6.07) is 4.76. The molecule has 0 amide bonds. The number of rotatable bonds is 5. The molecule has 0 fully saturated rings. The Balaban J connectivity index is 1.93. The van der Waals surface area contributed by atoms with Crippen LogP contribution >= 0.6 is 0 Å². The van der Waals surface area contributed by atoms with E-state index in [0.717, 1.165) is 11.6 Å². The van der Waals surface area contributed by atoms with E-state index in [2.05, 4.69) is 15.2 Å². The van der Waals surface area contributed by atoms with E-state index in [1.54, 1.807) is 12.1 Å². The Kier molecular flexibility index (Phi) is 7.40. The maximum absolute atomic E-state index is 14.7. The average molecular weight is 569 g/mol. The second-order valence-corrected chi connectivity index (χ2v) is 8.58. The Labute approximate surface area is 213 Å². The summed E-state index contributed by atoms with van der Waals surface area (Å²) in [4.78, 5) is 11.7. The van der Waals surface area contributed by atoms with Gasteiger partial charge < -0.3 is 10.1 Å². The molecule has 210 valence electrons. The molecule has 0 aromatic heterocycles. The highest BCUT2D eigenvalue weighted by Crippen LogP contribution is 2.47. The summed E-state index contributed by atoms with van der Waals surface area (Å²) in [5.41, 5.74) is -2.24. The van der Waals surface area contributed by atoms with Gasteiger partial charge in [-0.2, -0.15) is 40.2 Å². The van der Waals surface area contributed by atoms with Crippen molar-refractivity contribution in [1.82, 2.24) is 5.32 Å². The predicted molar refractivity (Wildman–Crippen MR) is 118 cm³/mol. The van der Waals surface area contributed by atoms with E-state index in [-0.39, 0.29) is 16.6 Å². The van der Waals surface area contributed by atoms with E-state index in [1.165, 1.54) is 12.1 Å². The quantitative estimate of drug-likeness (QED) is 0.359. The minimum absolute atomic E-state index is 0.229. The van der Waals surface area contributed by atoms with Crippen LogP contribution in [0.4, 0.5) is 49.6 Å². The van der Waals surface area contributed by atoms with Crippen LogP contribution in [0.3, 0.4) is 0 Å². The summed E-state index contributed by atoms with van der Waals surface area (Å²) >= 11 is 0. The van der Waals surface area contributed by atoms with Gasteiger partial charge in [-0.15, -0.1) is 0 Å². The van der Waals surface area contributed by atoms with Crippen molar-refractivity contribution in [2.24, 2.45) is 5.10 Å². The zero-order valence-electron chi connectivity index (χ0n) is 19.4. The Bertz CT molecular complexity index is 1320. The third-order valence-electron chi connectivity index (χ3n) is 6.00. The van der Waals surface area contributed by atoms with Gasteiger partial charge in [-0.25, -0.2) is 13.6 Å². The molecule has 2 heterocycles. The number of anilines is 1. The van der Waals surface area contributed by atoms with E-state index in [1.807, 2.05) is 0 Å². The summed E-state index contributed by atoms with van der Waals surface area (Å²) in [5.74, 6) is -11.6. The Morgan fingerprint density at radius 1 is 1.00 bits per heavy atom. The van der Waals surface area contributed by atoms with Crippen molar-refractivity contribution in [3.05, 3.63) is 71.3 Å². The van der Waals surface area contributed by atoms with E-state index in [4.69, 9.17) is 0 Å². The lowest BCUT2D eigenvalue weighted by Crippen LogP contribution is -2.50. The molecular weight excluding hydrogens is 552 g/mol. The van der Waals surface area contributed by atoms with E-state index in [0.29, 0.717) is 37.2 Å². The second-order valence-electron chi connectivity index (χ2n) is 8.58. The van der Waals surface area contributed by atoms with Crippen molar-refractivity contribution in [2.75, 3.05) is 18.1 Å². The van der Waals surface area contributed by atoms with Gasteiger partial charge >= 0.3 is 24.2 Å². The first kappa shape index (κ1) is 28.4. The predicted octanol–water partition coefficient (Wildman–Crippen LogP) is 5.93. The van der Waals surface area contributed by atoms with Gasteiger partial charge in [-0.3, -0.25) is 5.01 Å². The number of carbonyl (C=O) groups is 1. The summed E-state index contributed by atoms with van der Waals surface area (Å²) in [5, 5.41) is 6.43. The highest BCUT2D eigenvalue weighted by molar-refractivity contribution is 6.01. The Morgan fingerprint density at radius 2 is 1.72 bits per heavy atom. The van der Waals surface area contributed by atoms with Crippen LogP contribution in [0.1, 0.15) is 23.6 Å². The number of esters is 1. The molecule has 0 aliphatic carbocycles. The van der Waals surface area contributed by atoms with Crippen LogP contribution in [0.15, 0.2) is 53.6 Å². The van der Waals surface area contributed by atoms with Gasteiger partial charge in [0.1, 0.15) is 11.9 Å². The molecule has 4 rings (SSSR count). The van der Waals surface area contributed by atoms with Gasteiger partial charge in [0.15, 0.2) is 17.6 Å². The lowest BCUT2D eigenvalue weighted by Gasteiger charge is -2.30. The highest BCUT2D eigenvalue weighted by Gasteiger charge is 2.67. The number of benzene rings is 2. The highest BCUT2D eigenvalue weighted by atomic mass is 19.4. The van der Waals surface area contributed by atoms with Gasteiger partial charge in [-0.05, 0) is 47.9 Å². The van der Waals surface area contributed by atoms with Crippen molar-refractivity contribution >= 4 is 22.9 Å². The van der Waals surface area contributed by atoms with E-state index >= 15 is 0 Å². The molecule has 0 radical (unpaired) electrons. The van der Waals surface area contributed by atoms with Gasteiger partial charge in [0.25, 0.3) is 0 Å². The monoisotopic (exact) mass is 569 g/mol. The molecule has 2 atom stereocenters. The molecule has 2 aromatic carbocycles. The topological polar surface area (TPSA) is 53.9 Å². The van der Waals surface area contributed by atoms with Gasteiger partial charge in [0.2, 0.25) is 0 Å². The molecule has 15 heteroatoms. The fourth-order valence-electron chi connectivity index (χ4n) is 4.20. The number of carbonyl (C=O) groups excluding carboxylic acids is 1. The second kappa shape index (κ2) is 10.2. The third kappa shape index (κ3) is 5.58. The summed E-state index contributed by atoms with van der Waals surface area (Å²) in [6.45, 7) is 0.996. The van der Waals surface area contributed by atoms with E-state index in [9.17, 15) is 48.7 Å². The molecule has 2 unspecified atom stereocenters. The molecule has 0 saturated carbocycles. The summed E-state index contributed by atoms with van der Waals surface area (Å²) in [7, 11) is 0. The van der Waals surface area contributed by atoms with Crippen LogP contribution in [-0.4, -0.2) is 49.1 Å². The normalized spacial score (nSPS) is 20.5. The van der Waals surface area contributed by atoms with Gasteiger partial charge in [-0.1, -0.05) is 24.3 Å². The smallest absolute Gasteiger partial charge is 0.447 e. The maximum Gasteiger partial charge on any atom is 0.490 e. The Morgan fingerprint density at radius 3 is 2.31 bits per heavy atom. The molecule has 0 bridgehead atoms. The van der Waals surface area contributed by atoms with Crippen molar-refractivity contribution in [1.29, 1.82) is 0 Å². The first-order chi connectivity index (χ1) is 18.1. The van der Waals surface area contributed by atoms with Gasteiger partial charge in [0.05, 0.1) is 5.69 Å². The van der Waals surface area contributed by atoms with Crippen LogP contribution in [0.5, 0.6) is 0 Å². The third-order valence-corrected chi connectivity index (χ3v) is 6.00. The van der Waals surface area contributed by atoms with Crippen molar-refractivity contribution in [3.63, 3.8) is 0 Å². The number of hydrogen-bond acceptors (Lipinski definition) is 5. The maximum atomic E-state index is 14.7. The first-order valence-electron chi connectivity index (χ1n) is 11.2. The largest absolute Gasteiger partial charge is 0.490 e. The number of ether oxygens (including phenoxy) is 1. The summed E-state index contributed by atoms with van der Waals surface area (Å²) < 4.78 is 141. The van der Waals surface area contributed by atoms with Gasteiger partial charge in [0, 0.05) is 12.6 Å². The zero-order valence-corrected chi connectivity index (χ0v) is 19.4. The van der Waals surface area contributed by atoms with Crippen molar-refractivity contribution in [3.8, 4) is 0 Å². The van der Waals surface area contributed by atoms with Crippen LogP contribution in [0.2, 0.25) is 0 Å². The number of alkyl halides is 8. The number of nitrogens with zero attached hydrogens (tertiary/aromatic N) is 2. The number of hydrogen-bond donors (Lipinski definition) is 1. The standard InChI is InChI=1S/C24H17F10N3O2/c25-15-4-5-17(16(26)11-15)37-18(14-3-1-2-13(10-14)12-6-8-35-9-7-12)19(39-21(38)23(29,30)31)20(36-37)22(27,28)24(32,33)34/h1-6,10-11,18-19,35H,7-9H2. The molecule has 39 heavy (non-hydrogen) atoms. The molecule has 2 aliphatic rings. The van der Waals surface area contributed by atoms with Crippen LogP contribution in [0, 0.1) is 11.6 Å². The molecular formula is C24H17F10N3O2. The summed E-state index contributed by atoms with van der Waals surface area (Å²) in [6.07, 6.45) is -12.9. The van der Waals surface area contributed by atoms with Crippen molar-refractivity contribution in [2.45, 2.75) is 36.8 Å².